The summed E-state index contributed by atoms with van der Waals surface area (Å²) in [5, 5.41) is 0.740. The molecule has 2 heterocycles. The molecule has 14 heteroatoms. The molecule has 0 amide bonds. The van der Waals surface area contributed by atoms with E-state index in [1.54, 1.807) is 0 Å². The van der Waals surface area contributed by atoms with Crippen LogP contribution in [0.3, 0.4) is 0 Å². The number of carbonyl (C=O) groups excluding carboxylic acids is 4. The van der Waals surface area contributed by atoms with Gasteiger partial charge in [-0.25, -0.2) is 4.79 Å². The van der Waals surface area contributed by atoms with Crippen LogP contribution in [-0.2, 0) is 52.3 Å². The number of esters is 3. The van der Waals surface area contributed by atoms with Crippen LogP contribution < -0.4 is 0 Å². The van der Waals surface area contributed by atoms with Gasteiger partial charge in [-0.3, -0.25) is 14.4 Å². The average Bonchev–Trinajstić information content (AvgIpc) is 3.68. The second-order valence-corrected chi connectivity index (χ2v) is 18.9. The van der Waals surface area contributed by atoms with Crippen molar-refractivity contribution in [3.8, 4) is 0 Å². The SMILES string of the molecule is CCC(C)(C)C(=O)O[C@@H]1CC(C)C=C2C=CC(C)[C@H](CCC3CC(OC(=O)OCCOCCOCCOCCOC(=O)CCCCC4CCSS4)CC(=O)O3)[C@@H]21. The number of allylic oxidation sites excluding steroid dienone is 3. The lowest BCUT2D eigenvalue weighted by Gasteiger charge is -2.44. The van der Waals surface area contributed by atoms with Crippen LogP contribution in [0.5, 0.6) is 0 Å². The monoisotopic (exact) mass is 826 g/mol. The van der Waals surface area contributed by atoms with Gasteiger partial charge in [0.2, 0.25) is 0 Å². The van der Waals surface area contributed by atoms with Crippen molar-refractivity contribution in [1.82, 2.24) is 0 Å². The van der Waals surface area contributed by atoms with Crippen molar-refractivity contribution in [3.63, 3.8) is 0 Å². The number of hydrogen-bond donors (Lipinski definition) is 0. The summed E-state index contributed by atoms with van der Waals surface area (Å²) in [5.41, 5.74) is 0.668. The van der Waals surface area contributed by atoms with E-state index in [1.807, 2.05) is 42.4 Å². The molecule has 2 aliphatic carbocycles. The fourth-order valence-corrected chi connectivity index (χ4v) is 10.6. The van der Waals surface area contributed by atoms with Gasteiger partial charge in [0.05, 0.1) is 51.5 Å². The first-order valence-electron chi connectivity index (χ1n) is 20.8. The molecule has 0 N–H and O–H groups in total. The molecule has 0 aromatic carbocycles. The minimum Gasteiger partial charge on any atom is -0.463 e. The fourth-order valence-electron chi connectivity index (χ4n) is 7.54. The number of rotatable bonds is 24. The molecule has 8 atom stereocenters. The van der Waals surface area contributed by atoms with Crippen LogP contribution in [0.2, 0.25) is 0 Å². The van der Waals surface area contributed by atoms with E-state index in [2.05, 4.69) is 32.1 Å². The van der Waals surface area contributed by atoms with E-state index in [9.17, 15) is 19.2 Å². The van der Waals surface area contributed by atoms with Crippen molar-refractivity contribution in [2.75, 3.05) is 58.6 Å². The van der Waals surface area contributed by atoms with E-state index in [4.69, 9.17) is 37.9 Å². The number of fused-ring (bicyclic) bond motifs is 1. The Morgan fingerprint density at radius 2 is 1.57 bits per heavy atom. The zero-order valence-corrected chi connectivity index (χ0v) is 35.8. The number of unbranched alkanes of at least 4 members (excludes halogenated alkanes) is 1. The molecular formula is C42H66O12S2. The summed E-state index contributed by atoms with van der Waals surface area (Å²) >= 11 is 0. The van der Waals surface area contributed by atoms with Gasteiger partial charge in [-0.15, -0.1) is 0 Å². The summed E-state index contributed by atoms with van der Waals surface area (Å²) in [5.74, 6) is 1.34. The van der Waals surface area contributed by atoms with Crippen molar-refractivity contribution in [2.45, 2.75) is 129 Å². The maximum absolute atomic E-state index is 13.1. The molecule has 2 fully saturated rings. The Labute approximate surface area is 341 Å². The van der Waals surface area contributed by atoms with E-state index in [-0.39, 0.29) is 62.0 Å². The third-order valence-corrected chi connectivity index (χ3v) is 14.2. The van der Waals surface area contributed by atoms with Gasteiger partial charge in [-0.1, -0.05) is 67.0 Å². The molecule has 0 bridgehead atoms. The summed E-state index contributed by atoms with van der Waals surface area (Å²) in [4.78, 5) is 49.9. The molecule has 56 heavy (non-hydrogen) atoms. The molecule has 318 valence electrons. The largest absolute Gasteiger partial charge is 0.508 e. The third kappa shape index (κ3) is 16.2. The molecule has 0 aromatic rings. The molecule has 0 radical (unpaired) electrons. The van der Waals surface area contributed by atoms with Gasteiger partial charge in [0.1, 0.15) is 31.5 Å². The first-order chi connectivity index (χ1) is 26.9. The molecule has 4 aliphatic rings. The number of cyclic esters (lactones) is 1. The topological polar surface area (TPSA) is 142 Å². The van der Waals surface area contributed by atoms with E-state index in [0.717, 1.165) is 30.9 Å². The summed E-state index contributed by atoms with van der Waals surface area (Å²) in [7, 11) is 3.91. The van der Waals surface area contributed by atoms with Gasteiger partial charge in [0.25, 0.3) is 0 Å². The Morgan fingerprint density at radius 3 is 2.25 bits per heavy atom. The molecule has 0 saturated carbocycles. The highest BCUT2D eigenvalue weighted by atomic mass is 33.1. The van der Waals surface area contributed by atoms with E-state index in [1.165, 1.54) is 24.2 Å². The number of hydrogen-bond acceptors (Lipinski definition) is 14. The Kier molecular flexibility index (Phi) is 20.4. The van der Waals surface area contributed by atoms with Crippen LogP contribution in [-0.4, -0.2) is 106 Å². The summed E-state index contributed by atoms with van der Waals surface area (Å²) in [6.45, 7) is 12.4. The lowest BCUT2D eigenvalue weighted by atomic mass is 9.65. The first kappa shape index (κ1) is 46.4. The minimum atomic E-state index is -0.847. The maximum Gasteiger partial charge on any atom is 0.508 e. The maximum atomic E-state index is 13.1. The predicted octanol–water partition coefficient (Wildman–Crippen LogP) is 8.05. The molecule has 4 rings (SSSR count). The van der Waals surface area contributed by atoms with Crippen LogP contribution >= 0.6 is 21.6 Å². The van der Waals surface area contributed by atoms with Crippen molar-refractivity contribution in [1.29, 1.82) is 0 Å². The van der Waals surface area contributed by atoms with Crippen molar-refractivity contribution >= 4 is 45.7 Å². The fraction of sp³-hybridized carbons (Fsp3) is 0.810. The highest BCUT2D eigenvalue weighted by molar-refractivity contribution is 8.77. The summed E-state index contributed by atoms with van der Waals surface area (Å²) < 4.78 is 44.2. The molecule has 12 nitrogen and oxygen atoms in total. The van der Waals surface area contributed by atoms with Crippen molar-refractivity contribution < 1.29 is 57.1 Å². The molecule has 2 aliphatic heterocycles. The van der Waals surface area contributed by atoms with Crippen LogP contribution in [0, 0.1) is 29.1 Å². The third-order valence-electron chi connectivity index (χ3n) is 11.2. The Morgan fingerprint density at radius 1 is 0.875 bits per heavy atom. The van der Waals surface area contributed by atoms with Gasteiger partial charge < -0.3 is 37.9 Å². The smallest absolute Gasteiger partial charge is 0.463 e. The number of carbonyl (C=O) groups is 4. The van der Waals surface area contributed by atoms with E-state index >= 15 is 0 Å². The minimum absolute atomic E-state index is 0.00410. The quantitative estimate of drug-likeness (QED) is 0.0401. The van der Waals surface area contributed by atoms with Crippen LogP contribution in [0.25, 0.3) is 0 Å². The predicted molar refractivity (Wildman–Crippen MR) is 216 cm³/mol. The van der Waals surface area contributed by atoms with Crippen molar-refractivity contribution in [3.05, 3.63) is 23.8 Å². The second-order valence-electron chi connectivity index (χ2n) is 16.1. The summed E-state index contributed by atoms with van der Waals surface area (Å²) in [6.07, 6.45) is 12.7. The zero-order chi connectivity index (χ0) is 40.3. The van der Waals surface area contributed by atoms with Gasteiger partial charge in [-0.05, 0) is 82.1 Å². The van der Waals surface area contributed by atoms with E-state index < -0.39 is 29.7 Å². The second kappa shape index (κ2) is 24.6. The normalized spacial score (nSPS) is 27.5. The molecule has 0 aromatic heterocycles. The average molecular weight is 827 g/mol. The molecular weight excluding hydrogens is 761 g/mol. The Balaban J connectivity index is 1.03. The lowest BCUT2D eigenvalue weighted by molar-refractivity contribution is -0.166. The summed E-state index contributed by atoms with van der Waals surface area (Å²) in [6, 6.07) is 0. The Hall–Kier alpha value is -2.26. The van der Waals surface area contributed by atoms with Gasteiger partial charge in [0, 0.05) is 29.8 Å². The standard InChI is InChI=1S/C42H66O12S2/c1-6-42(4,5)40(45)54-36-26-29(2)25-31-12-11-30(3)35(39(31)36)14-13-32-27-33(28-38(44)52-32)53-41(46)51-23-21-49-19-17-47-16-18-48-20-22-50-37(43)10-8-7-9-34-15-24-55-56-34/h11-12,25,29-30,32-36,39H,6-10,13-24,26-28H2,1-5H3/t29?,30?,32?,33?,34?,35-,36+,39+/m0/s1. The Bertz CT molecular complexity index is 1300. The highest BCUT2D eigenvalue weighted by Crippen LogP contribution is 2.46. The van der Waals surface area contributed by atoms with Crippen LogP contribution in [0.1, 0.15) is 105 Å². The van der Waals surface area contributed by atoms with Gasteiger partial charge >= 0.3 is 24.1 Å². The van der Waals surface area contributed by atoms with Crippen molar-refractivity contribution in [2.24, 2.45) is 29.1 Å². The number of ether oxygens (including phenoxy) is 8. The molecule has 0 spiro atoms. The zero-order valence-electron chi connectivity index (χ0n) is 34.2. The highest BCUT2D eigenvalue weighted by Gasteiger charge is 2.43. The van der Waals surface area contributed by atoms with Crippen LogP contribution in [0.15, 0.2) is 23.8 Å². The first-order valence-corrected chi connectivity index (χ1v) is 23.1. The van der Waals surface area contributed by atoms with Crippen LogP contribution in [0.4, 0.5) is 4.79 Å². The van der Waals surface area contributed by atoms with E-state index in [0.29, 0.717) is 64.6 Å². The molecule has 5 unspecified atom stereocenters. The lowest BCUT2D eigenvalue weighted by Crippen LogP contribution is -2.43. The van der Waals surface area contributed by atoms with Gasteiger partial charge in [0.15, 0.2) is 0 Å². The van der Waals surface area contributed by atoms with Gasteiger partial charge in [-0.2, -0.15) is 0 Å². The molecule has 2 saturated heterocycles.